The fourth-order valence-electron chi connectivity index (χ4n) is 1.74. The number of carboxylic acid groups (broad SMARTS) is 1. The molecule has 0 aliphatic rings. The van der Waals surface area contributed by atoms with Crippen LogP contribution in [0.1, 0.15) is 44.7 Å². The lowest BCUT2D eigenvalue weighted by molar-refractivity contribution is -0.148. The van der Waals surface area contributed by atoms with Gasteiger partial charge in [-0.15, -0.1) is 0 Å². The van der Waals surface area contributed by atoms with E-state index in [-0.39, 0.29) is 12.4 Å². The van der Waals surface area contributed by atoms with Gasteiger partial charge < -0.3 is 9.84 Å². The van der Waals surface area contributed by atoms with Gasteiger partial charge in [-0.1, -0.05) is 24.3 Å². The van der Waals surface area contributed by atoms with E-state index in [1.165, 1.54) is 6.08 Å². The van der Waals surface area contributed by atoms with Crippen molar-refractivity contribution in [3.05, 3.63) is 41.5 Å². The lowest BCUT2D eigenvalue weighted by atomic mass is 10.1. The quantitative estimate of drug-likeness (QED) is 0.644. The summed E-state index contributed by atoms with van der Waals surface area (Å²) in [5, 5.41) is 8.59. The summed E-state index contributed by atoms with van der Waals surface area (Å²) in [6.07, 6.45) is 4.66. The Morgan fingerprint density at radius 1 is 1.19 bits per heavy atom. The molecule has 0 bridgehead atoms. The van der Waals surface area contributed by atoms with Gasteiger partial charge in [-0.2, -0.15) is 0 Å². The van der Waals surface area contributed by atoms with E-state index in [1.807, 2.05) is 45.0 Å². The molecule has 0 saturated carbocycles. The molecular weight excluding hydrogens is 268 g/mol. The summed E-state index contributed by atoms with van der Waals surface area (Å²) >= 11 is 0. The Hall–Kier alpha value is -2.10. The number of ether oxygens (including phenoxy) is 1. The molecule has 1 rings (SSSR count). The van der Waals surface area contributed by atoms with Crippen molar-refractivity contribution in [3.8, 4) is 0 Å². The predicted molar refractivity (Wildman–Crippen MR) is 81.9 cm³/mol. The number of benzene rings is 1. The van der Waals surface area contributed by atoms with Crippen molar-refractivity contribution < 1.29 is 19.4 Å². The molecular formula is C17H22O4. The summed E-state index contributed by atoms with van der Waals surface area (Å²) in [5.74, 6) is -1.14. The van der Waals surface area contributed by atoms with Crippen molar-refractivity contribution in [2.45, 2.75) is 45.6 Å². The van der Waals surface area contributed by atoms with Gasteiger partial charge in [-0.05, 0) is 50.8 Å². The number of esters is 1. The lowest BCUT2D eigenvalue weighted by Crippen LogP contribution is -2.22. The Morgan fingerprint density at radius 2 is 1.81 bits per heavy atom. The number of carbonyl (C=O) groups is 2. The lowest BCUT2D eigenvalue weighted by Gasteiger charge is -2.17. The maximum Gasteiger partial charge on any atom is 0.331 e. The predicted octanol–water partition coefficient (Wildman–Crippen LogP) is 3.45. The third-order valence-corrected chi connectivity index (χ3v) is 2.65. The van der Waals surface area contributed by atoms with Gasteiger partial charge >= 0.3 is 11.9 Å². The van der Waals surface area contributed by atoms with E-state index in [9.17, 15) is 9.59 Å². The Morgan fingerprint density at radius 3 is 2.33 bits per heavy atom. The Labute approximate surface area is 125 Å². The summed E-state index contributed by atoms with van der Waals surface area (Å²) in [5.41, 5.74) is 1.50. The first-order chi connectivity index (χ1) is 9.76. The smallest absolute Gasteiger partial charge is 0.331 e. The van der Waals surface area contributed by atoms with Crippen LogP contribution in [0, 0.1) is 0 Å². The first kappa shape index (κ1) is 17.0. The average molecular weight is 290 g/mol. The summed E-state index contributed by atoms with van der Waals surface area (Å²) in [6, 6.07) is 7.68. The van der Waals surface area contributed by atoms with Gasteiger partial charge in [0.15, 0.2) is 0 Å². The SMILES string of the molecule is CC(C)(C)OC(=O)/C=C/c1ccc(CCCC(=O)O)cc1. The summed E-state index contributed by atoms with van der Waals surface area (Å²) in [6.45, 7) is 5.47. The fraction of sp³-hybridized carbons (Fsp3) is 0.412. The summed E-state index contributed by atoms with van der Waals surface area (Å²) in [7, 11) is 0. The van der Waals surface area contributed by atoms with Gasteiger partial charge in [0.25, 0.3) is 0 Å². The highest BCUT2D eigenvalue weighted by molar-refractivity contribution is 5.87. The highest BCUT2D eigenvalue weighted by atomic mass is 16.6. The van der Waals surface area contributed by atoms with E-state index in [2.05, 4.69) is 0 Å². The van der Waals surface area contributed by atoms with Crippen molar-refractivity contribution in [2.75, 3.05) is 0 Å². The summed E-state index contributed by atoms with van der Waals surface area (Å²) in [4.78, 5) is 22.0. The van der Waals surface area contributed by atoms with E-state index < -0.39 is 11.6 Å². The molecule has 114 valence electrons. The Bertz CT molecular complexity index is 507. The zero-order valence-corrected chi connectivity index (χ0v) is 12.8. The number of rotatable bonds is 6. The molecule has 0 atom stereocenters. The van der Waals surface area contributed by atoms with Crippen LogP contribution in [-0.2, 0) is 20.7 Å². The molecule has 0 unspecified atom stereocenters. The van der Waals surface area contributed by atoms with Crippen LogP contribution in [0.3, 0.4) is 0 Å². The molecule has 21 heavy (non-hydrogen) atoms. The molecule has 4 nitrogen and oxygen atoms in total. The van der Waals surface area contributed by atoms with Crippen molar-refractivity contribution in [3.63, 3.8) is 0 Å². The maximum atomic E-state index is 11.5. The van der Waals surface area contributed by atoms with Crippen molar-refractivity contribution in [1.82, 2.24) is 0 Å². The van der Waals surface area contributed by atoms with E-state index in [1.54, 1.807) is 6.08 Å². The molecule has 0 aliphatic carbocycles. The van der Waals surface area contributed by atoms with Crippen LogP contribution < -0.4 is 0 Å². The first-order valence-electron chi connectivity index (χ1n) is 6.98. The zero-order valence-electron chi connectivity index (χ0n) is 12.8. The minimum atomic E-state index is -0.771. The topological polar surface area (TPSA) is 63.6 Å². The molecule has 0 spiro atoms. The fourth-order valence-corrected chi connectivity index (χ4v) is 1.74. The van der Waals surface area contributed by atoms with Crippen LogP contribution in [0.4, 0.5) is 0 Å². The number of carbonyl (C=O) groups excluding carboxylic acids is 1. The molecule has 1 aromatic carbocycles. The number of carboxylic acids is 1. The second kappa shape index (κ2) is 7.62. The third kappa shape index (κ3) is 7.92. The zero-order chi connectivity index (χ0) is 15.9. The minimum Gasteiger partial charge on any atom is -0.481 e. The van der Waals surface area contributed by atoms with Crippen molar-refractivity contribution >= 4 is 18.0 Å². The average Bonchev–Trinajstić information content (AvgIpc) is 2.35. The highest BCUT2D eigenvalue weighted by Gasteiger charge is 2.13. The van der Waals surface area contributed by atoms with Gasteiger partial charge in [0.1, 0.15) is 5.60 Å². The second-order valence-electron chi connectivity index (χ2n) is 5.86. The highest BCUT2D eigenvalue weighted by Crippen LogP contribution is 2.11. The summed E-state index contributed by atoms with van der Waals surface area (Å²) < 4.78 is 5.18. The molecule has 0 radical (unpaired) electrons. The largest absolute Gasteiger partial charge is 0.481 e. The van der Waals surface area contributed by atoms with Gasteiger partial charge in [0, 0.05) is 12.5 Å². The second-order valence-corrected chi connectivity index (χ2v) is 5.86. The van der Waals surface area contributed by atoms with Crippen LogP contribution in [0.25, 0.3) is 6.08 Å². The van der Waals surface area contributed by atoms with Crippen LogP contribution in [0.15, 0.2) is 30.3 Å². The van der Waals surface area contributed by atoms with E-state index in [0.717, 1.165) is 17.5 Å². The normalized spacial score (nSPS) is 11.6. The van der Waals surface area contributed by atoms with Crippen molar-refractivity contribution in [2.24, 2.45) is 0 Å². The monoisotopic (exact) mass is 290 g/mol. The van der Waals surface area contributed by atoms with E-state index in [4.69, 9.17) is 9.84 Å². The molecule has 0 aromatic heterocycles. The Kier molecular flexibility index (Phi) is 6.15. The van der Waals surface area contributed by atoms with Crippen molar-refractivity contribution in [1.29, 1.82) is 0 Å². The Balaban J connectivity index is 2.50. The van der Waals surface area contributed by atoms with Crippen LogP contribution in [-0.4, -0.2) is 22.6 Å². The minimum absolute atomic E-state index is 0.181. The van der Waals surface area contributed by atoms with Crippen LogP contribution in [0.5, 0.6) is 0 Å². The van der Waals surface area contributed by atoms with E-state index in [0.29, 0.717) is 6.42 Å². The number of aryl methyl sites for hydroxylation is 1. The van der Waals surface area contributed by atoms with Gasteiger partial charge in [-0.25, -0.2) is 4.79 Å². The number of hydrogen-bond acceptors (Lipinski definition) is 3. The number of aliphatic carboxylic acids is 1. The molecule has 0 amide bonds. The van der Waals surface area contributed by atoms with Gasteiger partial charge in [-0.3, -0.25) is 4.79 Å². The standard InChI is InChI=1S/C17H22O4/c1-17(2,3)21-16(20)12-11-14-9-7-13(8-10-14)5-4-6-15(18)19/h7-12H,4-6H2,1-3H3,(H,18,19)/b12-11+. The molecule has 0 heterocycles. The molecule has 1 N–H and O–H groups in total. The maximum absolute atomic E-state index is 11.5. The third-order valence-electron chi connectivity index (χ3n) is 2.65. The van der Waals surface area contributed by atoms with Gasteiger partial charge in [0.05, 0.1) is 0 Å². The van der Waals surface area contributed by atoms with Crippen LogP contribution >= 0.6 is 0 Å². The molecule has 1 aromatic rings. The number of hydrogen-bond donors (Lipinski definition) is 1. The van der Waals surface area contributed by atoms with Crippen LogP contribution in [0.2, 0.25) is 0 Å². The molecule has 0 aliphatic heterocycles. The van der Waals surface area contributed by atoms with E-state index >= 15 is 0 Å². The molecule has 0 saturated heterocycles. The van der Waals surface area contributed by atoms with Gasteiger partial charge in [0.2, 0.25) is 0 Å². The first-order valence-corrected chi connectivity index (χ1v) is 6.98. The molecule has 0 fully saturated rings. The molecule has 4 heteroatoms.